The van der Waals surface area contributed by atoms with E-state index >= 15 is 0 Å². The molecule has 0 bridgehead atoms. The third-order valence-corrected chi connectivity index (χ3v) is 6.05. The van der Waals surface area contributed by atoms with Gasteiger partial charge in [-0.1, -0.05) is 54.1 Å². The Kier molecular flexibility index (Phi) is 6.76. The minimum absolute atomic E-state index is 0.0000183. The van der Waals surface area contributed by atoms with Crippen LogP contribution in [-0.4, -0.2) is 36.9 Å². The first-order chi connectivity index (χ1) is 15.5. The fraction of sp³-hybridized carbons (Fsp3) is 0.231. The molecule has 0 aliphatic carbocycles. The van der Waals surface area contributed by atoms with Gasteiger partial charge in [0.1, 0.15) is 5.75 Å². The molecule has 0 atom stereocenters. The number of nitrogens with zero attached hydrogens (tertiary/aromatic N) is 1. The lowest BCUT2D eigenvalue weighted by atomic mass is 9.95. The second-order valence-corrected chi connectivity index (χ2v) is 8.28. The second-order valence-electron chi connectivity index (χ2n) is 7.84. The number of benzene rings is 3. The van der Waals surface area contributed by atoms with Crippen LogP contribution in [0.3, 0.4) is 0 Å². The van der Waals surface area contributed by atoms with Crippen LogP contribution >= 0.6 is 11.6 Å². The van der Waals surface area contributed by atoms with E-state index < -0.39 is 0 Å². The Morgan fingerprint density at radius 1 is 0.938 bits per heavy atom. The van der Waals surface area contributed by atoms with Crippen LogP contribution in [0.1, 0.15) is 23.2 Å². The molecule has 1 aliphatic rings. The minimum atomic E-state index is -0.164. The van der Waals surface area contributed by atoms with Gasteiger partial charge >= 0.3 is 0 Å². The number of amides is 2. The van der Waals surface area contributed by atoms with Crippen molar-refractivity contribution in [1.29, 1.82) is 0 Å². The normalized spacial score (nSPS) is 14.1. The highest BCUT2D eigenvalue weighted by Gasteiger charge is 2.28. The zero-order valence-corrected chi connectivity index (χ0v) is 18.6. The fourth-order valence-corrected chi connectivity index (χ4v) is 4.15. The number of hydrogen-bond donors (Lipinski definition) is 1. The van der Waals surface area contributed by atoms with E-state index in [4.69, 9.17) is 16.3 Å². The van der Waals surface area contributed by atoms with Crippen molar-refractivity contribution in [3.05, 3.63) is 83.4 Å². The van der Waals surface area contributed by atoms with Gasteiger partial charge in [0.2, 0.25) is 5.91 Å². The molecule has 0 spiro atoms. The predicted octanol–water partition coefficient (Wildman–Crippen LogP) is 5.51. The Morgan fingerprint density at radius 2 is 1.59 bits per heavy atom. The predicted molar refractivity (Wildman–Crippen MR) is 127 cm³/mol. The summed E-state index contributed by atoms with van der Waals surface area (Å²) in [5.74, 6) is 0.322. The molecule has 164 valence electrons. The molecule has 1 fully saturated rings. The second kappa shape index (κ2) is 9.88. The van der Waals surface area contributed by atoms with Crippen molar-refractivity contribution >= 4 is 29.1 Å². The highest BCUT2D eigenvalue weighted by Crippen LogP contribution is 2.29. The number of hydrogen-bond acceptors (Lipinski definition) is 3. The summed E-state index contributed by atoms with van der Waals surface area (Å²) >= 11 is 6.05. The molecular weight excluding hydrogens is 424 g/mol. The number of methoxy groups -OCH3 is 1. The number of piperidine rings is 1. The maximum absolute atomic E-state index is 12.9. The zero-order chi connectivity index (χ0) is 22.5. The number of rotatable bonds is 5. The minimum Gasteiger partial charge on any atom is -0.495 e. The van der Waals surface area contributed by atoms with E-state index in [0.717, 1.165) is 11.1 Å². The Morgan fingerprint density at radius 3 is 2.25 bits per heavy atom. The average molecular weight is 449 g/mol. The molecule has 1 aliphatic heterocycles. The van der Waals surface area contributed by atoms with Crippen molar-refractivity contribution < 1.29 is 14.3 Å². The van der Waals surface area contributed by atoms with E-state index in [-0.39, 0.29) is 17.7 Å². The number of anilines is 1. The first-order valence-electron chi connectivity index (χ1n) is 10.6. The summed E-state index contributed by atoms with van der Waals surface area (Å²) in [7, 11) is 1.55. The van der Waals surface area contributed by atoms with Gasteiger partial charge in [0, 0.05) is 29.6 Å². The quantitative estimate of drug-likeness (QED) is 0.560. The molecule has 3 aromatic carbocycles. The average Bonchev–Trinajstić information content (AvgIpc) is 2.84. The Hall–Kier alpha value is -3.31. The van der Waals surface area contributed by atoms with E-state index in [1.165, 1.54) is 0 Å². The first-order valence-corrected chi connectivity index (χ1v) is 11.0. The molecule has 1 heterocycles. The molecule has 0 saturated carbocycles. The van der Waals surface area contributed by atoms with Gasteiger partial charge in [-0.05, 0) is 54.3 Å². The third-order valence-electron chi connectivity index (χ3n) is 5.81. The van der Waals surface area contributed by atoms with Gasteiger partial charge in [0.05, 0.1) is 12.8 Å². The number of halogens is 1. The maximum Gasteiger partial charge on any atom is 0.253 e. The van der Waals surface area contributed by atoms with Gasteiger partial charge < -0.3 is 15.0 Å². The lowest BCUT2D eigenvalue weighted by Crippen LogP contribution is -2.41. The topological polar surface area (TPSA) is 58.6 Å². The van der Waals surface area contributed by atoms with Gasteiger partial charge in [-0.2, -0.15) is 0 Å². The summed E-state index contributed by atoms with van der Waals surface area (Å²) in [6.07, 6.45) is 1.23. The number of nitrogens with one attached hydrogen (secondary N) is 1. The largest absolute Gasteiger partial charge is 0.495 e. The fourth-order valence-electron chi connectivity index (χ4n) is 3.98. The summed E-state index contributed by atoms with van der Waals surface area (Å²) in [6, 6.07) is 22.9. The summed E-state index contributed by atoms with van der Waals surface area (Å²) in [6.45, 7) is 1.09. The van der Waals surface area contributed by atoms with Crippen LogP contribution < -0.4 is 10.1 Å². The highest BCUT2D eigenvalue weighted by molar-refractivity contribution is 6.31. The van der Waals surface area contributed by atoms with Crippen LogP contribution in [-0.2, 0) is 4.79 Å². The maximum atomic E-state index is 12.9. The number of carbonyl (C=O) groups excluding carboxylic acids is 2. The van der Waals surface area contributed by atoms with E-state index in [1.54, 1.807) is 25.3 Å². The van der Waals surface area contributed by atoms with Gasteiger partial charge in [-0.25, -0.2) is 0 Å². The van der Waals surface area contributed by atoms with Gasteiger partial charge in [-0.15, -0.1) is 0 Å². The number of ether oxygens (including phenoxy) is 1. The summed E-state index contributed by atoms with van der Waals surface area (Å²) in [4.78, 5) is 27.5. The van der Waals surface area contributed by atoms with Crippen LogP contribution in [0.15, 0.2) is 72.8 Å². The van der Waals surface area contributed by atoms with Crippen molar-refractivity contribution in [2.24, 2.45) is 5.92 Å². The molecule has 0 unspecified atom stereocenters. The van der Waals surface area contributed by atoms with Crippen LogP contribution in [0, 0.1) is 5.92 Å². The van der Waals surface area contributed by atoms with Crippen molar-refractivity contribution in [1.82, 2.24) is 4.90 Å². The lowest BCUT2D eigenvalue weighted by Gasteiger charge is -2.31. The van der Waals surface area contributed by atoms with Crippen LogP contribution in [0.4, 0.5) is 5.69 Å². The SMILES string of the molecule is COc1ccc(Cl)cc1NC(=O)C1CCN(C(=O)c2ccc(-c3ccccc3)cc2)CC1. The van der Waals surface area contributed by atoms with Crippen LogP contribution in [0.5, 0.6) is 5.75 Å². The summed E-state index contributed by atoms with van der Waals surface area (Å²) < 4.78 is 5.30. The van der Waals surface area contributed by atoms with E-state index in [9.17, 15) is 9.59 Å². The van der Waals surface area contributed by atoms with E-state index in [0.29, 0.717) is 48.0 Å². The highest BCUT2D eigenvalue weighted by atomic mass is 35.5. The Balaban J connectivity index is 1.35. The first kappa shape index (κ1) is 21.9. The molecule has 32 heavy (non-hydrogen) atoms. The Labute approximate surface area is 193 Å². The van der Waals surface area contributed by atoms with Crippen molar-refractivity contribution in [3.8, 4) is 16.9 Å². The lowest BCUT2D eigenvalue weighted by molar-refractivity contribution is -0.121. The molecule has 0 aromatic heterocycles. The molecule has 2 amide bonds. The smallest absolute Gasteiger partial charge is 0.253 e. The molecular formula is C26H25ClN2O3. The third kappa shape index (κ3) is 4.94. The van der Waals surface area contributed by atoms with Gasteiger partial charge in [0.25, 0.3) is 5.91 Å². The molecule has 0 radical (unpaired) electrons. The van der Waals surface area contributed by atoms with Gasteiger partial charge in [0.15, 0.2) is 0 Å². The summed E-state index contributed by atoms with van der Waals surface area (Å²) in [5.41, 5.74) is 3.42. The van der Waals surface area contributed by atoms with Crippen molar-refractivity contribution in [2.75, 3.05) is 25.5 Å². The molecule has 6 heteroatoms. The van der Waals surface area contributed by atoms with Crippen molar-refractivity contribution in [2.45, 2.75) is 12.8 Å². The molecule has 4 rings (SSSR count). The number of carbonyl (C=O) groups is 2. The van der Waals surface area contributed by atoms with Crippen molar-refractivity contribution in [3.63, 3.8) is 0 Å². The zero-order valence-electron chi connectivity index (χ0n) is 17.9. The summed E-state index contributed by atoms with van der Waals surface area (Å²) in [5, 5.41) is 3.45. The van der Waals surface area contributed by atoms with Crippen LogP contribution in [0.2, 0.25) is 5.02 Å². The van der Waals surface area contributed by atoms with E-state index in [1.807, 2.05) is 59.5 Å². The van der Waals surface area contributed by atoms with Crippen LogP contribution in [0.25, 0.3) is 11.1 Å². The molecule has 1 saturated heterocycles. The molecule has 1 N–H and O–H groups in total. The van der Waals surface area contributed by atoms with Gasteiger partial charge in [-0.3, -0.25) is 9.59 Å². The molecule has 5 nitrogen and oxygen atoms in total. The molecule has 3 aromatic rings. The monoisotopic (exact) mass is 448 g/mol. The number of likely N-dealkylation sites (tertiary alicyclic amines) is 1. The Bertz CT molecular complexity index is 1090. The van der Waals surface area contributed by atoms with E-state index in [2.05, 4.69) is 5.32 Å². The standard InChI is InChI=1S/C26H25ClN2O3/c1-32-24-12-11-22(27)17-23(24)28-25(30)20-13-15-29(16-14-20)26(31)21-9-7-19(8-10-21)18-5-3-2-4-6-18/h2-12,17,20H,13-16H2,1H3,(H,28,30).